The monoisotopic (exact) mass is 569 g/mol. The van der Waals surface area contributed by atoms with Crippen LogP contribution in [0.25, 0.3) is 0 Å². The zero-order chi connectivity index (χ0) is 28.3. The summed E-state index contributed by atoms with van der Waals surface area (Å²) < 4.78 is 44.7. The van der Waals surface area contributed by atoms with E-state index in [1.807, 2.05) is 0 Å². The van der Waals surface area contributed by atoms with Gasteiger partial charge in [0.2, 0.25) is 0 Å². The molecule has 3 aromatic rings. The van der Waals surface area contributed by atoms with Crippen LogP contribution in [-0.4, -0.2) is 84.3 Å². The third-order valence-electron chi connectivity index (χ3n) is 6.94. The van der Waals surface area contributed by atoms with Gasteiger partial charge in [-0.25, -0.2) is 22.8 Å². The normalized spacial score (nSPS) is 23.7. The third kappa shape index (κ3) is 5.76. The lowest BCUT2D eigenvalue weighted by Gasteiger charge is -2.39. The number of fused-ring (bicyclic) bond motifs is 1. The van der Waals surface area contributed by atoms with Crippen molar-refractivity contribution in [1.29, 1.82) is 0 Å². The zero-order valence-corrected chi connectivity index (χ0v) is 22.1. The van der Waals surface area contributed by atoms with Gasteiger partial charge in [0.15, 0.2) is 16.1 Å². The van der Waals surface area contributed by atoms with E-state index in [0.717, 1.165) is 10.6 Å². The number of carbonyl (C=O) groups is 2. The fourth-order valence-electron chi connectivity index (χ4n) is 5.06. The van der Waals surface area contributed by atoms with Gasteiger partial charge in [-0.15, -0.1) is 0 Å². The first-order chi connectivity index (χ1) is 19.2. The summed E-state index contributed by atoms with van der Waals surface area (Å²) in [6.07, 6.45) is -0.994. The average molecular weight is 570 g/mol. The molecule has 0 radical (unpaired) electrons. The quantitative estimate of drug-likeness (QED) is 0.382. The molecule has 2 aliphatic rings. The van der Waals surface area contributed by atoms with Gasteiger partial charge in [0.1, 0.15) is 24.6 Å². The minimum absolute atomic E-state index is 0.0438. The number of carbonyl (C=O) groups excluding carboxylic acids is 2. The van der Waals surface area contributed by atoms with Gasteiger partial charge in [-0.2, -0.15) is 0 Å². The van der Waals surface area contributed by atoms with E-state index in [1.165, 1.54) is 6.20 Å². The maximum atomic E-state index is 13.3. The molecule has 40 heavy (non-hydrogen) atoms. The molecular weight excluding hydrogens is 542 g/mol. The molecule has 0 aliphatic carbocycles. The Morgan fingerprint density at radius 1 is 0.925 bits per heavy atom. The zero-order valence-electron chi connectivity index (χ0n) is 21.3. The molecule has 1 N–H and O–H groups in total. The number of nitrogens with zero attached hydrogens (tertiary/aromatic N) is 2. The van der Waals surface area contributed by atoms with Gasteiger partial charge in [0.25, 0.3) is 5.56 Å². The van der Waals surface area contributed by atoms with Crippen molar-refractivity contribution < 1.29 is 32.2 Å². The number of sulfone groups is 1. The number of rotatable bonds is 8. The molecule has 0 saturated carbocycles. The Labute approximate surface area is 229 Å². The Morgan fingerprint density at radius 2 is 1.55 bits per heavy atom. The number of hydrogen-bond acceptors (Lipinski definition) is 10. The van der Waals surface area contributed by atoms with Gasteiger partial charge in [0, 0.05) is 25.4 Å². The van der Waals surface area contributed by atoms with Gasteiger partial charge >= 0.3 is 17.6 Å². The summed E-state index contributed by atoms with van der Waals surface area (Å²) in [6, 6.07) is 16.9. The molecular formula is C27H27N3O9S. The smallest absolute Gasteiger partial charge is 0.338 e. The average Bonchev–Trinajstić information content (AvgIpc) is 3.34. The van der Waals surface area contributed by atoms with Gasteiger partial charge in [-0.3, -0.25) is 19.2 Å². The molecule has 2 fully saturated rings. The number of ether oxygens (including phenoxy) is 3. The Bertz CT molecular complexity index is 1590. The predicted molar refractivity (Wildman–Crippen MR) is 142 cm³/mol. The molecule has 0 bridgehead atoms. The third-order valence-corrected chi connectivity index (χ3v) is 9.11. The summed E-state index contributed by atoms with van der Waals surface area (Å²) in [5, 5.41) is -1.15. The highest BCUT2D eigenvalue weighted by molar-refractivity contribution is 7.92. The van der Waals surface area contributed by atoms with Crippen LogP contribution in [0.3, 0.4) is 0 Å². The van der Waals surface area contributed by atoms with Crippen LogP contribution >= 0.6 is 0 Å². The maximum absolute atomic E-state index is 13.3. The Hall–Kier alpha value is -4.07. The summed E-state index contributed by atoms with van der Waals surface area (Å²) in [4.78, 5) is 53.3. The first-order valence-corrected chi connectivity index (χ1v) is 14.3. The maximum Gasteiger partial charge on any atom is 0.338 e. The van der Waals surface area contributed by atoms with Crippen molar-refractivity contribution in [3.8, 4) is 0 Å². The fraction of sp³-hybridized carbons (Fsp3) is 0.333. The second-order valence-electron chi connectivity index (χ2n) is 9.41. The van der Waals surface area contributed by atoms with Gasteiger partial charge in [-0.05, 0) is 24.3 Å². The Kier molecular flexibility index (Phi) is 7.96. The summed E-state index contributed by atoms with van der Waals surface area (Å²) >= 11 is 0. The Morgan fingerprint density at radius 3 is 2.17 bits per heavy atom. The lowest BCUT2D eigenvalue weighted by atomic mass is 10.1. The van der Waals surface area contributed by atoms with Crippen molar-refractivity contribution in [2.75, 3.05) is 32.1 Å². The van der Waals surface area contributed by atoms with Crippen molar-refractivity contribution in [2.45, 2.75) is 23.6 Å². The van der Waals surface area contributed by atoms with E-state index in [2.05, 4.69) is 4.98 Å². The van der Waals surface area contributed by atoms with Crippen LogP contribution in [0.2, 0.25) is 0 Å². The summed E-state index contributed by atoms with van der Waals surface area (Å²) in [6.45, 7) is -0.165. The molecule has 2 saturated heterocycles. The van der Waals surface area contributed by atoms with Crippen LogP contribution in [0.1, 0.15) is 26.9 Å². The highest BCUT2D eigenvalue weighted by Gasteiger charge is 2.57. The molecule has 3 heterocycles. The second-order valence-corrected chi connectivity index (χ2v) is 11.7. The number of nitrogens with one attached hydrogen (secondary N) is 1. The Balaban J connectivity index is 1.39. The number of esters is 2. The second kappa shape index (κ2) is 11.6. The number of benzene rings is 2. The highest BCUT2D eigenvalue weighted by Crippen LogP contribution is 2.39. The lowest BCUT2D eigenvalue weighted by Crippen LogP contribution is -2.58. The van der Waals surface area contributed by atoms with Crippen LogP contribution in [0.4, 0.5) is 0 Å². The minimum atomic E-state index is -3.75. The molecule has 12 nitrogen and oxygen atoms in total. The standard InChI is InChI=1S/C27H27N3O9S/c31-21-11-12-30(27(34)28-21)24-22-23(20(39-24)17-38-26(33)19-9-5-2-6-10-19)40(35,36)16-14-29(22)13-15-37-25(32)18-7-3-1-4-8-18/h1-12,20,22-24H,13-17H2,(H,28,31,34)/t20-,22-,23-,24-/m1/s1. The molecule has 1 aromatic heterocycles. The van der Waals surface area contributed by atoms with E-state index in [0.29, 0.717) is 11.1 Å². The molecule has 4 atom stereocenters. The largest absolute Gasteiger partial charge is 0.461 e. The first kappa shape index (κ1) is 27.5. The molecule has 5 rings (SSSR count). The molecule has 2 aliphatic heterocycles. The SMILES string of the molecule is O=C(OCCN1CCS(=O)(=O)[C@H]2[C@@H]1[C@H](n1ccc(=O)[nH]c1=O)O[C@@H]2COC(=O)c1ccccc1)c1ccccc1. The van der Waals surface area contributed by atoms with Crippen molar-refractivity contribution in [1.82, 2.24) is 14.5 Å². The van der Waals surface area contributed by atoms with E-state index < -0.39 is 56.6 Å². The lowest BCUT2D eigenvalue weighted by molar-refractivity contribution is -0.0493. The van der Waals surface area contributed by atoms with Gasteiger partial charge in [-0.1, -0.05) is 36.4 Å². The molecule has 210 valence electrons. The van der Waals surface area contributed by atoms with Crippen LogP contribution in [-0.2, 0) is 24.0 Å². The van der Waals surface area contributed by atoms with E-state index in [1.54, 1.807) is 65.6 Å². The number of aromatic nitrogens is 2. The molecule has 0 spiro atoms. The van der Waals surface area contributed by atoms with Crippen LogP contribution in [0.15, 0.2) is 82.5 Å². The van der Waals surface area contributed by atoms with E-state index in [9.17, 15) is 27.6 Å². The van der Waals surface area contributed by atoms with E-state index in [-0.39, 0.29) is 32.1 Å². The van der Waals surface area contributed by atoms with E-state index >= 15 is 0 Å². The van der Waals surface area contributed by atoms with Gasteiger partial charge in [0.05, 0.1) is 22.9 Å². The van der Waals surface area contributed by atoms with Crippen molar-refractivity contribution in [3.63, 3.8) is 0 Å². The van der Waals surface area contributed by atoms with Crippen molar-refractivity contribution in [3.05, 3.63) is 105 Å². The van der Waals surface area contributed by atoms with Crippen molar-refractivity contribution >= 4 is 21.8 Å². The molecule has 13 heteroatoms. The van der Waals surface area contributed by atoms with E-state index in [4.69, 9.17) is 14.2 Å². The number of hydrogen-bond donors (Lipinski definition) is 1. The number of H-pyrrole nitrogens is 1. The van der Waals surface area contributed by atoms with Gasteiger partial charge < -0.3 is 14.2 Å². The van der Waals surface area contributed by atoms with Crippen LogP contribution < -0.4 is 11.2 Å². The summed E-state index contributed by atoms with van der Waals surface area (Å²) in [7, 11) is -3.75. The first-order valence-electron chi connectivity index (χ1n) is 12.6. The molecule has 0 unspecified atom stereocenters. The minimum Gasteiger partial charge on any atom is -0.461 e. The molecule has 0 amide bonds. The van der Waals surface area contributed by atoms with Crippen LogP contribution in [0.5, 0.6) is 0 Å². The fourth-order valence-corrected chi connectivity index (χ4v) is 7.16. The molecule has 2 aromatic carbocycles. The number of aromatic amines is 1. The summed E-state index contributed by atoms with van der Waals surface area (Å²) in [5.74, 6) is -1.38. The topological polar surface area (TPSA) is 154 Å². The predicted octanol–water partition coefficient (Wildman–Crippen LogP) is 0.616. The van der Waals surface area contributed by atoms with Crippen LogP contribution in [0, 0.1) is 0 Å². The summed E-state index contributed by atoms with van der Waals surface area (Å²) in [5.41, 5.74) is -0.732. The van der Waals surface area contributed by atoms with Crippen molar-refractivity contribution in [2.24, 2.45) is 0 Å². The highest BCUT2D eigenvalue weighted by atomic mass is 32.2.